The van der Waals surface area contributed by atoms with Crippen molar-refractivity contribution in [2.75, 3.05) is 20.3 Å². The first-order valence-electron chi connectivity index (χ1n) is 13.1. The van der Waals surface area contributed by atoms with Crippen molar-refractivity contribution in [3.63, 3.8) is 0 Å². The van der Waals surface area contributed by atoms with E-state index >= 15 is 0 Å². The van der Waals surface area contributed by atoms with Gasteiger partial charge < -0.3 is 19.4 Å². The van der Waals surface area contributed by atoms with E-state index in [2.05, 4.69) is 60.1 Å². The monoisotopic (exact) mass is 499 g/mol. The number of methoxy groups -OCH3 is 1. The van der Waals surface area contributed by atoms with Crippen molar-refractivity contribution in [3.05, 3.63) is 89.2 Å². The number of carbonyl (C=O) groups is 1. The Labute approximate surface area is 219 Å². The van der Waals surface area contributed by atoms with Crippen LogP contribution < -0.4 is 14.8 Å². The second-order valence-electron chi connectivity index (χ2n) is 9.47. The highest BCUT2D eigenvalue weighted by Crippen LogP contribution is 2.21. The van der Waals surface area contributed by atoms with Gasteiger partial charge in [0, 0.05) is 13.0 Å². The zero-order valence-electron chi connectivity index (χ0n) is 22.1. The maximum absolute atomic E-state index is 12.2. The number of aromatic nitrogens is 2. The summed E-state index contributed by atoms with van der Waals surface area (Å²) in [6.45, 7) is 6.20. The molecule has 0 aliphatic rings. The Bertz CT molecular complexity index is 1310. The molecule has 1 amide bonds. The third-order valence-corrected chi connectivity index (χ3v) is 6.57. The molecule has 0 bridgehead atoms. The van der Waals surface area contributed by atoms with Crippen molar-refractivity contribution in [2.45, 2.75) is 52.5 Å². The van der Waals surface area contributed by atoms with Crippen molar-refractivity contribution in [1.29, 1.82) is 0 Å². The number of para-hydroxylation sites is 2. The first-order chi connectivity index (χ1) is 18.0. The number of hydrogen-bond acceptors (Lipinski definition) is 4. The molecule has 0 spiro atoms. The van der Waals surface area contributed by atoms with Gasteiger partial charge in [-0.1, -0.05) is 42.8 Å². The number of ether oxygens (including phenoxy) is 2. The highest BCUT2D eigenvalue weighted by molar-refractivity contribution is 5.78. The minimum atomic E-state index is 0.0517. The standard InChI is InChI=1S/C31H37N3O3/c1-23-12-13-24(2)29(21-23)37-20-19-34-28-10-7-6-9-27(28)33-30(34)11-5-4-8-18-32-31(35)22-25-14-16-26(36-3)17-15-25/h6-7,9-10,12-17,21H,4-5,8,11,18-20,22H2,1-3H3,(H,32,35). The second kappa shape index (κ2) is 12.9. The molecule has 0 atom stereocenters. The third-order valence-electron chi connectivity index (χ3n) is 6.57. The van der Waals surface area contributed by atoms with Gasteiger partial charge >= 0.3 is 0 Å². The lowest BCUT2D eigenvalue weighted by molar-refractivity contribution is -0.120. The molecule has 4 rings (SSSR count). The number of aryl methyl sites for hydroxylation is 3. The predicted molar refractivity (Wildman–Crippen MR) is 148 cm³/mol. The van der Waals surface area contributed by atoms with Crippen LogP contribution in [-0.2, 0) is 24.2 Å². The molecule has 0 aliphatic heterocycles. The van der Waals surface area contributed by atoms with Crippen LogP contribution in [0.3, 0.4) is 0 Å². The Hall–Kier alpha value is -3.80. The molecular formula is C31H37N3O3. The van der Waals surface area contributed by atoms with Gasteiger partial charge in [0.15, 0.2) is 0 Å². The summed E-state index contributed by atoms with van der Waals surface area (Å²) in [6, 6.07) is 22.2. The van der Waals surface area contributed by atoms with Crippen LogP contribution in [0.1, 0.15) is 41.8 Å². The normalized spacial score (nSPS) is 11.0. The Morgan fingerprint density at radius 2 is 1.78 bits per heavy atom. The molecule has 37 heavy (non-hydrogen) atoms. The molecule has 1 N–H and O–H groups in total. The molecule has 6 nitrogen and oxygen atoms in total. The Balaban J connectivity index is 1.23. The maximum atomic E-state index is 12.2. The van der Waals surface area contributed by atoms with Crippen LogP contribution in [0.4, 0.5) is 0 Å². The number of nitrogens with zero attached hydrogens (tertiary/aromatic N) is 2. The summed E-state index contributed by atoms with van der Waals surface area (Å²) in [6.07, 6.45) is 4.29. The molecule has 4 aromatic rings. The van der Waals surface area contributed by atoms with E-state index in [0.717, 1.165) is 71.7 Å². The molecule has 0 saturated heterocycles. The van der Waals surface area contributed by atoms with Crippen LogP contribution in [0.25, 0.3) is 11.0 Å². The Morgan fingerprint density at radius 3 is 2.59 bits per heavy atom. The number of unbranched alkanes of at least 4 members (excludes halogenated alkanes) is 2. The molecule has 194 valence electrons. The van der Waals surface area contributed by atoms with Crippen LogP contribution in [-0.4, -0.2) is 35.7 Å². The second-order valence-corrected chi connectivity index (χ2v) is 9.47. The molecule has 1 aromatic heterocycles. The van der Waals surface area contributed by atoms with E-state index in [1.54, 1.807) is 7.11 Å². The lowest BCUT2D eigenvalue weighted by atomic mass is 10.1. The molecule has 0 radical (unpaired) electrons. The molecule has 1 heterocycles. The van der Waals surface area contributed by atoms with Crippen molar-refractivity contribution in [1.82, 2.24) is 14.9 Å². The molecule has 0 aliphatic carbocycles. The van der Waals surface area contributed by atoms with Gasteiger partial charge in [-0.25, -0.2) is 4.98 Å². The predicted octanol–water partition coefficient (Wildman–Crippen LogP) is 5.81. The van der Waals surface area contributed by atoms with E-state index in [0.29, 0.717) is 19.6 Å². The van der Waals surface area contributed by atoms with Crippen LogP contribution in [0, 0.1) is 13.8 Å². The number of nitrogens with one attached hydrogen (secondary N) is 1. The van der Waals surface area contributed by atoms with Gasteiger partial charge in [0.05, 0.1) is 31.1 Å². The third kappa shape index (κ3) is 7.35. The van der Waals surface area contributed by atoms with Crippen LogP contribution >= 0.6 is 0 Å². The summed E-state index contributed by atoms with van der Waals surface area (Å²) in [4.78, 5) is 17.1. The zero-order chi connectivity index (χ0) is 26.0. The summed E-state index contributed by atoms with van der Waals surface area (Å²) in [5.41, 5.74) is 5.50. The van der Waals surface area contributed by atoms with Crippen molar-refractivity contribution < 1.29 is 14.3 Å². The van der Waals surface area contributed by atoms with Crippen molar-refractivity contribution >= 4 is 16.9 Å². The number of rotatable bonds is 13. The average molecular weight is 500 g/mol. The topological polar surface area (TPSA) is 65.4 Å². The summed E-state index contributed by atoms with van der Waals surface area (Å²) in [7, 11) is 1.64. The van der Waals surface area contributed by atoms with Crippen LogP contribution in [0.2, 0.25) is 0 Å². The largest absolute Gasteiger partial charge is 0.497 e. The van der Waals surface area contributed by atoms with Gasteiger partial charge in [-0.3, -0.25) is 4.79 Å². The molecule has 0 saturated carbocycles. The molecule has 6 heteroatoms. The van der Waals surface area contributed by atoms with E-state index in [4.69, 9.17) is 14.5 Å². The summed E-state index contributed by atoms with van der Waals surface area (Å²) in [5.74, 6) is 2.89. The Kier molecular flexibility index (Phi) is 9.19. The minimum absolute atomic E-state index is 0.0517. The quantitative estimate of drug-likeness (QED) is 0.236. The summed E-state index contributed by atoms with van der Waals surface area (Å²) < 4.78 is 13.6. The van der Waals surface area contributed by atoms with Crippen LogP contribution in [0.5, 0.6) is 11.5 Å². The van der Waals surface area contributed by atoms with Crippen LogP contribution in [0.15, 0.2) is 66.7 Å². The Morgan fingerprint density at radius 1 is 0.973 bits per heavy atom. The highest BCUT2D eigenvalue weighted by atomic mass is 16.5. The van der Waals surface area contributed by atoms with Gasteiger partial charge in [-0.15, -0.1) is 0 Å². The van der Waals surface area contributed by atoms with Gasteiger partial charge in [0.1, 0.15) is 23.9 Å². The number of hydrogen-bond donors (Lipinski definition) is 1. The zero-order valence-corrected chi connectivity index (χ0v) is 22.1. The van der Waals surface area contributed by atoms with E-state index in [1.165, 1.54) is 5.56 Å². The number of benzene rings is 3. The van der Waals surface area contributed by atoms with Crippen molar-refractivity contribution in [3.8, 4) is 11.5 Å². The fraction of sp³-hybridized carbons (Fsp3) is 0.355. The smallest absolute Gasteiger partial charge is 0.224 e. The molecular weight excluding hydrogens is 462 g/mol. The highest BCUT2D eigenvalue weighted by Gasteiger charge is 2.11. The minimum Gasteiger partial charge on any atom is -0.497 e. The van der Waals surface area contributed by atoms with E-state index in [-0.39, 0.29) is 5.91 Å². The lowest BCUT2D eigenvalue weighted by Gasteiger charge is -2.13. The molecule has 0 unspecified atom stereocenters. The van der Waals surface area contributed by atoms with Crippen molar-refractivity contribution in [2.24, 2.45) is 0 Å². The van der Waals surface area contributed by atoms with E-state index in [9.17, 15) is 4.79 Å². The SMILES string of the molecule is COc1ccc(CC(=O)NCCCCCc2nc3ccccc3n2CCOc2cc(C)ccc2C)cc1. The first-order valence-corrected chi connectivity index (χ1v) is 13.1. The van der Waals surface area contributed by atoms with E-state index < -0.39 is 0 Å². The lowest BCUT2D eigenvalue weighted by Crippen LogP contribution is -2.26. The maximum Gasteiger partial charge on any atom is 0.224 e. The average Bonchev–Trinajstić information content (AvgIpc) is 3.26. The number of amides is 1. The van der Waals surface area contributed by atoms with Gasteiger partial charge in [0.2, 0.25) is 5.91 Å². The van der Waals surface area contributed by atoms with Gasteiger partial charge in [-0.05, 0) is 73.7 Å². The van der Waals surface area contributed by atoms with E-state index in [1.807, 2.05) is 30.3 Å². The van der Waals surface area contributed by atoms with Gasteiger partial charge in [-0.2, -0.15) is 0 Å². The fourth-order valence-corrected chi connectivity index (χ4v) is 4.48. The molecule has 3 aromatic carbocycles. The van der Waals surface area contributed by atoms with Gasteiger partial charge in [0.25, 0.3) is 0 Å². The number of carbonyl (C=O) groups excluding carboxylic acids is 1. The molecule has 0 fully saturated rings. The first kappa shape index (κ1) is 26.3. The number of fused-ring (bicyclic) bond motifs is 1. The summed E-state index contributed by atoms with van der Waals surface area (Å²) >= 11 is 0. The fourth-order valence-electron chi connectivity index (χ4n) is 4.48. The summed E-state index contributed by atoms with van der Waals surface area (Å²) in [5, 5.41) is 3.04. The number of imidazole rings is 1.